The quantitative estimate of drug-likeness (QED) is 0.636. The molecule has 7 nitrogen and oxygen atoms in total. The highest BCUT2D eigenvalue weighted by molar-refractivity contribution is 9.09. The maximum absolute atomic E-state index is 11.8. The topological polar surface area (TPSA) is 101 Å². The number of amides is 1. The summed E-state index contributed by atoms with van der Waals surface area (Å²) in [6.07, 6.45) is 0. The number of aromatic nitrogens is 2. The second-order valence-corrected chi connectivity index (χ2v) is 6.02. The number of hydrogen-bond donors (Lipinski definition) is 2. The Kier molecular flexibility index (Phi) is 5.04. The van der Waals surface area contributed by atoms with E-state index in [9.17, 15) is 14.4 Å². The van der Waals surface area contributed by atoms with Gasteiger partial charge in [0.2, 0.25) is 11.9 Å². The van der Waals surface area contributed by atoms with Gasteiger partial charge in [0.25, 0.3) is 5.56 Å². The molecule has 0 spiro atoms. The summed E-state index contributed by atoms with van der Waals surface area (Å²) in [5, 5.41) is 2.50. The first-order chi connectivity index (χ1) is 9.15. The zero-order valence-electron chi connectivity index (χ0n) is 11.6. The number of halogens is 1. The zero-order chi connectivity index (χ0) is 15.5. The minimum Gasteiger partial charge on any atom is -0.468 e. The average molecular weight is 346 g/mol. The third-order valence-electron chi connectivity index (χ3n) is 2.34. The van der Waals surface area contributed by atoms with Gasteiger partial charge in [-0.2, -0.15) is 0 Å². The van der Waals surface area contributed by atoms with Crippen LogP contribution in [0.15, 0.2) is 10.9 Å². The van der Waals surface area contributed by atoms with Crippen molar-refractivity contribution >= 4 is 33.8 Å². The predicted molar refractivity (Wildman–Crippen MR) is 76.6 cm³/mol. The highest BCUT2D eigenvalue weighted by Crippen LogP contribution is 2.22. The Bertz CT molecular complexity index is 577. The third-order valence-corrected chi connectivity index (χ3v) is 3.19. The molecule has 0 aliphatic carbocycles. The molecule has 110 valence electrons. The number of anilines is 1. The van der Waals surface area contributed by atoms with Gasteiger partial charge in [0.05, 0.1) is 12.8 Å². The van der Waals surface area contributed by atoms with Crippen LogP contribution in [0.3, 0.4) is 0 Å². The smallest absolute Gasteiger partial charge is 0.325 e. The van der Waals surface area contributed by atoms with Gasteiger partial charge in [-0.05, 0) is 0 Å². The summed E-state index contributed by atoms with van der Waals surface area (Å²) in [6.45, 7) is 5.18. The Balaban J connectivity index is 3.07. The van der Waals surface area contributed by atoms with E-state index in [1.807, 2.05) is 0 Å². The maximum atomic E-state index is 11.8. The molecule has 0 aromatic carbocycles. The van der Waals surface area contributed by atoms with Crippen molar-refractivity contribution in [1.29, 1.82) is 0 Å². The maximum Gasteiger partial charge on any atom is 0.325 e. The summed E-state index contributed by atoms with van der Waals surface area (Å²) in [4.78, 5) is 40.3. The Morgan fingerprint density at radius 1 is 1.45 bits per heavy atom. The lowest BCUT2D eigenvalue weighted by Crippen LogP contribution is -2.30. The van der Waals surface area contributed by atoms with E-state index in [2.05, 4.69) is 36.0 Å². The number of hydrogen-bond acceptors (Lipinski definition) is 5. The second-order valence-electron chi connectivity index (χ2n) is 5.11. The van der Waals surface area contributed by atoms with E-state index >= 15 is 0 Å². The van der Waals surface area contributed by atoms with E-state index in [1.165, 1.54) is 7.11 Å². The van der Waals surface area contributed by atoms with Crippen molar-refractivity contribution in [1.82, 2.24) is 9.97 Å². The van der Waals surface area contributed by atoms with Gasteiger partial charge in [-0.3, -0.25) is 24.7 Å². The molecular formula is C12H16BrN3O4. The first kappa shape index (κ1) is 16.4. The molecule has 2 N–H and O–H groups in total. The number of ether oxygens (including phenoxy) is 1. The van der Waals surface area contributed by atoms with Crippen LogP contribution in [-0.2, 0) is 14.3 Å². The molecule has 1 rings (SSSR count). The number of alkyl halides is 1. The van der Waals surface area contributed by atoms with E-state index in [4.69, 9.17) is 0 Å². The summed E-state index contributed by atoms with van der Waals surface area (Å²) < 4.78 is 4.56. The van der Waals surface area contributed by atoms with Gasteiger partial charge in [0, 0.05) is 11.5 Å². The Hall–Kier alpha value is -1.70. The molecule has 1 unspecified atom stereocenters. The molecule has 0 aliphatic heterocycles. The minimum atomic E-state index is -0.875. The van der Waals surface area contributed by atoms with Crippen molar-refractivity contribution in [2.75, 3.05) is 12.4 Å². The number of carbonyl (C=O) groups is 2. The van der Waals surface area contributed by atoms with Gasteiger partial charge >= 0.3 is 5.97 Å². The minimum absolute atomic E-state index is 0.0132. The second kappa shape index (κ2) is 6.17. The number of esters is 1. The molecule has 8 heteroatoms. The van der Waals surface area contributed by atoms with E-state index in [-0.39, 0.29) is 17.5 Å². The molecule has 0 bridgehead atoms. The molecular weight excluding hydrogens is 330 g/mol. The molecule has 0 saturated heterocycles. The molecule has 1 atom stereocenters. The standard InChI is InChI=1S/C12H16BrN3O4/c1-12(2,3)10(19)16-11-14-6(5-7(17)15-11)8(13)9(18)20-4/h5,8H,1-4H3,(H2,14,15,16,17,19). The number of aromatic amines is 1. The average Bonchev–Trinajstić information content (AvgIpc) is 2.35. The van der Waals surface area contributed by atoms with Crippen molar-refractivity contribution in [3.8, 4) is 0 Å². The van der Waals surface area contributed by atoms with Crippen LogP contribution in [0.4, 0.5) is 5.95 Å². The summed E-state index contributed by atoms with van der Waals surface area (Å²) in [5.41, 5.74) is -0.956. The Labute approximate surface area is 124 Å². The van der Waals surface area contributed by atoms with Gasteiger partial charge in [0.15, 0.2) is 4.83 Å². The molecule has 0 fully saturated rings. The van der Waals surface area contributed by atoms with Crippen molar-refractivity contribution in [3.05, 3.63) is 22.1 Å². The van der Waals surface area contributed by atoms with Crippen LogP contribution in [0.1, 0.15) is 31.3 Å². The van der Waals surface area contributed by atoms with Crippen molar-refractivity contribution in [2.24, 2.45) is 5.41 Å². The normalized spacial score (nSPS) is 12.7. The number of H-pyrrole nitrogens is 1. The van der Waals surface area contributed by atoms with E-state index in [0.29, 0.717) is 0 Å². The highest BCUT2D eigenvalue weighted by atomic mass is 79.9. The summed E-state index contributed by atoms with van der Waals surface area (Å²) in [5.74, 6) is -0.904. The number of rotatable bonds is 3. The van der Waals surface area contributed by atoms with Crippen LogP contribution in [0.2, 0.25) is 0 Å². The lowest BCUT2D eigenvalue weighted by atomic mass is 9.96. The molecule has 1 aromatic rings. The molecule has 1 aromatic heterocycles. The van der Waals surface area contributed by atoms with Crippen molar-refractivity contribution < 1.29 is 14.3 Å². The van der Waals surface area contributed by atoms with Crippen molar-refractivity contribution in [3.63, 3.8) is 0 Å². The van der Waals surface area contributed by atoms with E-state index in [1.54, 1.807) is 20.8 Å². The lowest BCUT2D eigenvalue weighted by molar-refractivity contribution is -0.140. The summed E-state index contributed by atoms with van der Waals surface area (Å²) in [7, 11) is 1.23. The predicted octanol–water partition coefficient (Wildman–Crippen LogP) is 1.36. The van der Waals surface area contributed by atoms with Gasteiger partial charge in [-0.25, -0.2) is 4.98 Å². The summed E-state index contributed by atoms with van der Waals surface area (Å²) in [6, 6.07) is 1.16. The number of carbonyl (C=O) groups excluding carboxylic acids is 2. The molecule has 20 heavy (non-hydrogen) atoms. The van der Waals surface area contributed by atoms with Crippen molar-refractivity contribution in [2.45, 2.75) is 25.6 Å². The van der Waals surface area contributed by atoms with Crippen LogP contribution in [0.25, 0.3) is 0 Å². The SMILES string of the molecule is COC(=O)C(Br)c1cc(=O)[nH]c(NC(=O)C(C)(C)C)n1. The van der Waals surface area contributed by atoms with E-state index < -0.39 is 21.8 Å². The molecule has 1 heterocycles. The first-order valence-electron chi connectivity index (χ1n) is 5.79. The fourth-order valence-electron chi connectivity index (χ4n) is 1.18. The largest absolute Gasteiger partial charge is 0.468 e. The molecule has 0 saturated carbocycles. The lowest BCUT2D eigenvalue weighted by Gasteiger charge is -2.17. The summed E-state index contributed by atoms with van der Waals surface area (Å²) >= 11 is 3.08. The number of nitrogens with zero attached hydrogens (tertiary/aromatic N) is 1. The van der Waals surface area contributed by atoms with Crippen LogP contribution < -0.4 is 10.9 Å². The molecule has 0 aliphatic rings. The Morgan fingerprint density at radius 3 is 2.55 bits per heavy atom. The van der Waals surface area contributed by atoms with Gasteiger partial charge in [0.1, 0.15) is 0 Å². The monoisotopic (exact) mass is 345 g/mol. The van der Waals surface area contributed by atoms with Gasteiger partial charge in [-0.1, -0.05) is 36.7 Å². The van der Waals surface area contributed by atoms with Crippen LogP contribution >= 0.6 is 15.9 Å². The van der Waals surface area contributed by atoms with Crippen LogP contribution in [-0.4, -0.2) is 29.0 Å². The molecule has 1 amide bonds. The fraction of sp³-hybridized carbons (Fsp3) is 0.500. The van der Waals surface area contributed by atoms with Crippen LogP contribution in [0.5, 0.6) is 0 Å². The van der Waals surface area contributed by atoms with Crippen LogP contribution in [0, 0.1) is 5.41 Å². The third kappa shape index (κ3) is 4.16. The molecule has 0 radical (unpaired) electrons. The van der Waals surface area contributed by atoms with E-state index in [0.717, 1.165) is 6.07 Å². The number of nitrogens with one attached hydrogen (secondary N) is 2. The Morgan fingerprint density at radius 2 is 2.05 bits per heavy atom. The highest BCUT2D eigenvalue weighted by Gasteiger charge is 2.24. The van der Waals surface area contributed by atoms with Gasteiger partial charge in [-0.15, -0.1) is 0 Å². The zero-order valence-corrected chi connectivity index (χ0v) is 13.2. The number of methoxy groups -OCH3 is 1. The van der Waals surface area contributed by atoms with Gasteiger partial charge < -0.3 is 4.74 Å². The fourth-order valence-corrected chi connectivity index (χ4v) is 1.61. The first-order valence-corrected chi connectivity index (χ1v) is 6.71.